The predicted molar refractivity (Wildman–Crippen MR) is 61.1 cm³/mol. The van der Waals surface area contributed by atoms with Crippen molar-refractivity contribution in [1.29, 1.82) is 0 Å². The molecule has 2 N–H and O–H groups in total. The zero-order valence-corrected chi connectivity index (χ0v) is 9.42. The average Bonchev–Trinajstić information content (AvgIpc) is 2.11. The summed E-state index contributed by atoms with van der Waals surface area (Å²) in [5.41, 5.74) is 2.40. The molecule has 0 radical (unpaired) electrons. The van der Waals surface area contributed by atoms with Crippen LogP contribution in [0.2, 0.25) is 0 Å². The van der Waals surface area contributed by atoms with Gasteiger partial charge in [0.15, 0.2) is 0 Å². The lowest BCUT2D eigenvalue weighted by Crippen LogP contribution is -2.11. The lowest BCUT2D eigenvalue weighted by Gasteiger charge is -2.10. The van der Waals surface area contributed by atoms with Crippen LogP contribution in [-0.4, -0.2) is 11.0 Å². The zero-order chi connectivity index (χ0) is 11.4. The van der Waals surface area contributed by atoms with Crippen molar-refractivity contribution in [3.63, 3.8) is 0 Å². The molecule has 0 atom stereocenters. The number of anilines is 1. The van der Waals surface area contributed by atoms with Gasteiger partial charge in [-0.25, -0.2) is 0 Å². The maximum absolute atomic E-state index is 11.4. The molecule has 82 valence electrons. The average molecular weight is 207 g/mol. The number of benzene rings is 1. The summed E-state index contributed by atoms with van der Waals surface area (Å²) < 4.78 is 0. The number of carbonyl (C=O) groups is 1. The van der Waals surface area contributed by atoms with Crippen molar-refractivity contribution in [2.45, 2.75) is 33.6 Å². The fraction of sp³-hybridized carbons (Fsp3) is 0.417. The molecule has 0 aliphatic heterocycles. The molecule has 1 rings (SSSR count). The molecule has 0 aliphatic carbocycles. The zero-order valence-electron chi connectivity index (χ0n) is 9.42. The number of aromatic hydroxyl groups is 1. The number of hydrogen-bond donors (Lipinski definition) is 2. The van der Waals surface area contributed by atoms with E-state index < -0.39 is 0 Å². The van der Waals surface area contributed by atoms with Gasteiger partial charge in [0.1, 0.15) is 5.75 Å². The highest BCUT2D eigenvalue weighted by Crippen LogP contribution is 2.28. The van der Waals surface area contributed by atoms with Crippen LogP contribution in [0.25, 0.3) is 0 Å². The van der Waals surface area contributed by atoms with Crippen molar-refractivity contribution in [1.82, 2.24) is 0 Å². The van der Waals surface area contributed by atoms with E-state index in [1.165, 1.54) is 0 Å². The second-order valence-electron chi connectivity index (χ2n) is 3.77. The SMILES string of the molecule is CCCC(=O)Nc1c(C)cc(C)cc1O. The van der Waals surface area contributed by atoms with E-state index in [-0.39, 0.29) is 11.7 Å². The molecule has 0 heterocycles. The lowest BCUT2D eigenvalue weighted by molar-refractivity contribution is -0.116. The van der Waals surface area contributed by atoms with E-state index in [1.807, 2.05) is 26.8 Å². The van der Waals surface area contributed by atoms with Gasteiger partial charge in [-0.2, -0.15) is 0 Å². The van der Waals surface area contributed by atoms with Gasteiger partial charge in [0.25, 0.3) is 0 Å². The van der Waals surface area contributed by atoms with Crippen LogP contribution in [0, 0.1) is 13.8 Å². The Morgan fingerprint density at radius 3 is 2.60 bits per heavy atom. The summed E-state index contributed by atoms with van der Waals surface area (Å²) >= 11 is 0. The smallest absolute Gasteiger partial charge is 0.224 e. The van der Waals surface area contributed by atoms with E-state index in [0.717, 1.165) is 17.5 Å². The Morgan fingerprint density at radius 2 is 2.07 bits per heavy atom. The molecule has 0 bridgehead atoms. The monoisotopic (exact) mass is 207 g/mol. The number of rotatable bonds is 3. The molecular weight excluding hydrogens is 190 g/mol. The fourth-order valence-electron chi connectivity index (χ4n) is 1.54. The predicted octanol–water partition coefficient (Wildman–Crippen LogP) is 2.75. The van der Waals surface area contributed by atoms with Crippen molar-refractivity contribution < 1.29 is 9.90 Å². The third-order valence-corrected chi connectivity index (χ3v) is 2.20. The number of amides is 1. The first-order valence-electron chi connectivity index (χ1n) is 5.14. The third kappa shape index (κ3) is 2.98. The molecule has 0 saturated heterocycles. The number of hydrogen-bond acceptors (Lipinski definition) is 2. The summed E-state index contributed by atoms with van der Waals surface area (Å²) in [6.45, 7) is 5.72. The Balaban J connectivity index is 2.90. The van der Waals surface area contributed by atoms with Crippen LogP contribution >= 0.6 is 0 Å². The maximum atomic E-state index is 11.4. The summed E-state index contributed by atoms with van der Waals surface area (Å²) in [4.78, 5) is 11.4. The molecule has 0 fully saturated rings. The van der Waals surface area contributed by atoms with E-state index in [4.69, 9.17) is 0 Å². The van der Waals surface area contributed by atoms with E-state index in [9.17, 15) is 9.90 Å². The van der Waals surface area contributed by atoms with Crippen molar-refractivity contribution >= 4 is 11.6 Å². The summed E-state index contributed by atoms with van der Waals surface area (Å²) in [6.07, 6.45) is 1.28. The number of carbonyl (C=O) groups excluding carboxylic acids is 1. The van der Waals surface area contributed by atoms with Gasteiger partial charge in [-0.05, 0) is 37.5 Å². The Labute approximate surface area is 90.1 Å². The lowest BCUT2D eigenvalue weighted by atomic mass is 10.1. The topological polar surface area (TPSA) is 49.3 Å². The van der Waals surface area contributed by atoms with Crippen molar-refractivity contribution in [3.8, 4) is 5.75 Å². The van der Waals surface area contributed by atoms with E-state index in [1.54, 1.807) is 6.07 Å². The number of aryl methyl sites for hydroxylation is 2. The Bertz CT molecular complexity index is 349. The fourth-order valence-corrected chi connectivity index (χ4v) is 1.54. The van der Waals surface area contributed by atoms with Gasteiger partial charge in [0.05, 0.1) is 5.69 Å². The molecule has 15 heavy (non-hydrogen) atoms. The van der Waals surface area contributed by atoms with Gasteiger partial charge in [-0.1, -0.05) is 13.0 Å². The molecule has 0 spiro atoms. The number of phenols is 1. The van der Waals surface area contributed by atoms with E-state index in [0.29, 0.717) is 12.1 Å². The third-order valence-electron chi connectivity index (χ3n) is 2.20. The molecule has 3 heteroatoms. The van der Waals surface area contributed by atoms with Crippen LogP contribution in [0.5, 0.6) is 5.75 Å². The minimum absolute atomic E-state index is 0.0558. The first kappa shape index (κ1) is 11.6. The van der Waals surface area contributed by atoms with Crippen LogP contribution in [0.3, 0.4) is 0 Å². The summed E-state index contributed by atoms with van der Waals surface area (Å²) in [7, 11) is 0. The minimum atomic E-state index is -0.0558. The molecule has 0 aliphatic rings. The summed E-state index contributed by atoms with van der Waals surface area (Å²) in [5, 5.41) is 12.4. The van der Waals surface area contributed by atoms with Crippen LogP contribution < -0.4 is 5.32 Å². The second-order valence-corrected chi connectivity index (χ2v) is 3.77. The first-order valence-corrected chi connectivity index (χ1v) is 5.14. The molecule has 0 unspecified atom stereocenters. The highest BCUT2D eigenvalue weighted by Gasteiger charge is 2.08. The molecule has 1 aromatic carbocycles. The maximum Gasteiger partial charge on any atom is 0.224 e. The molecule has 0 aromatic heterocycles. The van der Waals surface area contributed by atoms with Gasteiger partial charge in [0.2, 0.25) is 5.91 Å². The number of nitrogens with one attached hydrogen (secondary N) is 1. The van der Waals surface area contributed by atoms with Crippen molar-refractivity contribution in [2.75, 3.05) is 5.32 Å². The van der Waals surface area contributed by atoms with Gasteiger partial charge in [0, 0.05) is 6.42 Å². The molecular formula is C12H17NO2. The Kier molecular flexibility index (Phi) is 3.72. The van der Waals surface area contributed by atoms with E-state index >= 15 is 0 Å². The minimum Gasteiger partial charge on any atom is -0.506 e. The van der Waals surface area contributed by atoms with Crippen molar-refractivity contribution in [3.05, 3.63) is 23.3 Å². The van der Waals surface area contributed by atoms with Crippen LogP contribution in [0.4, 0.5) is 5.69 Å². The molecule has 1 aromatic rings. The van der Waals surface area contributed by atoms with Crippen LogP contribution in [0.15, 0.2) is 12.1 Å². The normalized spacial score (nSPS) is 10.1. The largest absolute Gasteiger partial charge is 0.506 e. The van der Waals surface area contributed by atoms with Gasteiger partial charge in [-0.15, -0.1) is 0 Å². The quantitative estimate of drug-likeness (QED) is 0.749. The van der Waals surface area contributed by atoms with Gasteiger partial charge in [-0.3, -0.25) is 4.79 Å². The summed E-state index contributed by atoms with van der Waals surface area (Å²) in [6, 6.07) is 3.58. The van der Waals surface area contributed by atoms with Crippen LogP contribution in [0.1, 0.15) is 30.9 Å². The molecule has 0 saturated carbocycles. The highest BCUT2D eigenvalue weighted by molar-refractivity contribution is 5.93. The summed E-state index contributed by atoms with van der Waals surface area (Å²) in [5.74, 6) is 0.0803. The molecule has 1 amide bonds. The molecule has 3 nitrogen and oxygen atoms in total. The highest BCUT2D eigenvalue weighted by atomic mass is 16.3. The van der Waals surface area contributed by atoms with Crippen molar-refractivity contribution in [2.24, 2.45) is 0 Å². The first-order chi connectivity index (χ1) is 7.04. The second kappa shape index (κ2) is 4.82. The number of phenolic OH excluding ortho intramolecular Hbond substituents is 1. The van der Waals surface area contributed by atoms with Gasteiger partial charge >= 0.3 is 0 Å². The van der Waals surface area contributed by atoms with E-state index in [2.05, 4.69) is 5.32 Å². The Hall–Kier alpha value is -1.51. The Morgan fingerprint density at radius 1 is 1.40 bits per heavy atom. The van der Waals surface area contributed by atoms with Crippen LogP contribution in [-0.2, 0) is 4.79 Å². The van der Waals surface area contributed by atoms with Gasteiger partial charge < -0.3 is 10.4 Å². The standard InChI is InChI=1S/C12H17NO2/c1-4-5-11(15)13-12-9(3)6-8(2)7-10(12)14/h6-7,14H,4-5H2,1-3H3,(H,13,15).